The first-order valence-corrected chi connectivity index (χ1v) is 11.4. The first-order chi connectivity index (χ1) is 19.0. The van der Waals surface area contributed by atoms with E-state index in [0.29, 0.717) is 13.9 Å². The van der Waals surface area contributed by atoms with E-state index in [-0.39, 0.29) is 10.6 Å². The van der Waals surface area contributed by atoms with E-state index in [1.54, 1.807) is 0 Å². The summed E-state index contributed by atoms with van der Waals surface area (Å²) in [7, 11) is 0. The molecular formula is C22H16ClF6N7O5. The van der Waals surface area contributed by atoms with Crippen LogP contribution in [-0.2, 0) is 13.1 Å². The van der Waals surface area contributed by atoms with Gasteiger partial charge < -0.3 is 20.7 Å². The number of para-hydroxylation sites is 2. The van der Waals surface area contributed by atoms with Crippen molar-refractivity contribution in [3.8, 4) is 22.8 Å². The monoisotopic (exact) mass is 607 g/mol. The van der Waals surface area contributed by atoms with Crippen LogP contribution >= 0.6 is 11.6 Å². The Balaban J connectivity index is 1.81. The van der Waals surface area contributed by atoms with Gasteiger partial charge in [0, 0.05) is 10.6 Å². The van der Waals surface area contributed by atoms with Crippen LogP contribution in [0.4, 0.5) is 26.3 Å². The molecule has 0 spiro atoms. The summed E-state index contributed by atoms with van der Waals surface area (Å²) in [6.07, 6.45) is -10.7. The second-order valence-corrected chi connectivity index (χ2v) is 8.75. The lowest BCUT2D eigenvalue weighted by Crippen LogP contribution is -2.50. The molecule has 0 unspecified atom stereocenters. The normalized spacial score (nSPS) is 12.5. The predicted octanol–water partition coefficient (Wildman–Crippen LogP) is 2.23. The Kier molecular flexibility index (Phi) is 7.59. The van der Waals surface area contributed by atoms with Gasteiger partial charge in [-0.1, -0.05) is 23.7 Å². The molecule has 2 heterocycles. The summed E-state index contributed by atoms with van der Waals surface area (Å²) in [5.74, 6) is -7.90. The summed E-state index contributed by atoms with van der Waals surface area (Å²) in [5.41, 5.74) is 3.66. The summed E-state index contributed by atoms with van der Waals surface area (Å²) in [6.45, 7) is -2.43. The SMILES string of the molecule is NC(=O)c1nc(Cn2nc(-c3ccc(Cl)cc3)n(CC(O)(O)C(F)(F)F)c2=O)nn1-c1ccccc1OC(F)(F)F. The van der Waals surface area contributed by atoms with Gasteiger partial charge in [-0.05, 0) is 36.4 Å². The van der Waals surface area contributed by atoms with Crippen LogP contribution in [0.5, 0.6) is 5.75 Å². The van der Waals surface area contributed by atoms with Gasteiger partial charge in [-0.25, -0.2) is 19.1 Å². The van der Waals surface area contributed by atoms with E-state index in [0.717, 1.165) is 12.1 Å². The van der Waals surface area contributed by atoms with E-state index in [2.05, 4.69) is 19.9 Å². The molecule has 19 heteroatoms. The molecule has 0 saturated heterocycles. The Morgan fingerprint density at radius 2 is 1.63 bits per heavy atom. The number of nitrogens with two attached hydrogens (primary N) is 1. The minimum atomic E-state index is -5.56. The summed E-state index contributed by atoms with van der Waals surface area (Å²) in [4.78, 5) is 28.9. The maximum atomic E-state index is 13.2. The third-order valence-corrected chi connectivity index (χ3v) is 5.59. The van der Waals surface area contributed by atoms with Gasteiger partial charge in [0.25, 0.3) is 11.7 Å². The van der Waals surface area contributed by atoms with Gasteiger partial charge in [-0.15, -0.1) is 23.4 Å². The number of aromatic nitrogens is 6. The van der Waals surface area contributed by atoms with E-state index in [9.17, 15) is 46.1 Å². The van der Waals surface area contributed by atoms with Gasteiger partial charge in [-0.2, -0.15) is 13.2 Å². The number of carbonyl (C=O) groups is 1. The molecule has 0 fully saturated rings. The average Bonchev–Trinajstić information content (AvgIpc) is 3.40. The predicted molar refractivity (Wildman–Crippen MR) is 126 cm³/mol. The molecule has 4 aromatic rings. The zero-order chi connectivity index (χ0) is 30.3. The number of halogens is 7. The van der Waals surface area contributed by atoms with Gasteiger partial charge in [0.1, 0.15) is 12.2 Å². The highest BCUT2D eigenvalue weighted by Gasteiger charge is 2.53. The molecule has 12 nitrogen and oxygen atoms in total. The molecule has 0 atom stereocenters. The molecule has 41 heavy (non-hydrogen) atoms. The number of aliphatic hydroxyl groups is 2. The molecule has 4 N–H and O–H groups in total. The van der Waals surface area contributed by atoms with E-state index >= 15 is 0 Å². The molecule has 2 aromatic heterocycles. The first kappa shape index (κ1) is 29.6. The van der Waals surface area contributed by atoms with Crippen LogP contribution in [0.15, 0.2) is 53.3 Å². The van der Waals surface area contributed by atoms with E-state index in [1.807, 2.05) is 0 Å². The number of alkyl halides is 6. The third-order valence-electron chi connectivity index (χ3n) is 5.34. The quantitative estimate of drug-likeness (QED) is 0.203. The van der Waals surface area contributed by atoms with Crippen LogP contribution in [0.3, 0.4) is 0 Å². The molecule has 0 saturated carbocycles. The summed E-state index contributed by atoms with van der Waals surface area (Å²) >= 11 is 5.84. The van der Waals surface area contributed by atoms with Crippen molar-refractivity contribution in [1.29, 1.82) is 0 Å². The number of rotatable bonds is 8. The van der Waals surface area contributed by atoms with Crippen LogP contribution in [0.25, 0.3) is 17.1 Å². The minimum Gasteiger partial charge on any atom is -0.403 e. The molecular weight excluding hydrogens is 592 g/mol. The van der Waals surface area contributed by atoms with Crippen molar-refractivity contribution in [2.45, 2.75) is 31.4 Å². The van der Waals surface area contributed by atoms with Crippen molar-refractivity contribution >= 4 is 17.5 Å². The van der Waals surface area contributed by atoms with Crippen molar-refractivity contribution in [1.82, 2.24) is 29.1 Å². The zero-order valence-electron chi connectivity index (χ0n) is 20.1. The molecule has 0 aliphatic rings. The summed E-state index contributed by atoms with van der Waals surface area (Å²) in [5, 5.41) is 27.3. The number of hydrogen-bond donors (Lipinski definition) is 3. The van der Waals surface area contributed by atoms with Gasteiger partial charge in [-0.3, -0.25) is 9.36 Å². The number of ether oxygens (including phenoxy) is 1. The first-order valence-electron chi connectivity index (χ1n) is 11.0. The van der Waals surface area contributed by atoms with Crippen LogP contribution in [0, 0.1) is 0 Å². The van der Waals surface area contributed by atoms with Gasteiger partial charge in [0.2, 0.25) is 5.82 Å². The fraction of sp³-hybridized carbons (Fsp3) is 0.227. The van der Waals surface area contributed by atoms with Crippen LogP contribution in [-0.4, -0.2) is 63.6 Å². The van der Waals surface area contributed by atoms with Crippen molar-refractivity contribution in [3.63, 3.8) is 0 Å². The fourth-order valence-electron chi connectivity index (χ4n) is 3.54. The molecule has 0 aliphatic heterocycles. The lowest BCUT2D eigenvalue weighted by molar-refractivity contribution is -0.353. The molecule has 0 aliphatic carbocycles. The zero-order valence-corrected chi connectivity index (χ0v) is 20.8. The Morgan fingerprint density at radius 1 is 1.00 bits per heavy atom. The lowest BCUT2D eigenvalue weighted by Gasteiger charge is -2.24. The Hall–Kier alpha value is -4.42. The smallest absolute Gasteiger partial charge is 0.403 e. The van der Waals surface area contributed by atoms with E-state index in [1.165, 1.54) is 36.4 Å². The Morgan fingerprint density at radius 3 is 2.22 bits per heavy atom. The maximum absolute atomic E-state index is 13.2. The molecule has 218 valence electrons. The molecule has 0 radical (unpaired) electrons. The maximum Gasteiger partial charge on any atom is 0.573 e. The number of benzene rings is 2. The highest BCUT2D eigenvalue weighted by molar-refractivity contribution is 6.30. The number of primary amides is 1. The van der Waals surface area contributed by atoms with Gasteiger partial charge in [0.05, 0.1) is 6.54 Å². The number of hydrogen-bond acceptors (Lipinski definition) is 8. The summed E-state index contributed by atoms with van der Waals surface area (Å²) in [6, 6.07) is 9.80. The van der Waals surface area contributed by atoms with Gasteiger partial charge >= 0.3 is 18.2 Å². The van der Waals surface area contributed by atoms with Crippen molar-refractivity contribution in [3.05, 3.63) is 75.7 Å². The number of nitrogens with zero attached hydrogens (tertiary/aromatic N) is 6. The molecule has 2 aromatic carbocycles. The third kappa shape index (κ3) is 6.34. The molecule has 0 bridgehead atoms. The highest BCUT2D eigenvalue weighted by Crippen LogP contribution is 2.31. The number of carbonyl (C=O) groups excluding carboxylic acids is 1. The second-order valence-electron chi connectivity index (χ2n) is 8.31. The number of amides is 1. The highest BCUT2D eigenvalue weighted by atomic mass is 35.5. The fourth-order valence-corrected chi connectivity index (χ4v) is 3.66. The Labute approximate surface area is 228 Å². The van der Waals surface area contributed by atoms with Crippen molar-refractivity contribution in [2.24, 2.45) is 5.73 Å². The Bertz CT molecular complexity index is 1640. The van der Waals surface area contributed by atoms with E-state index in [4.69, 9.17) is 17.3 Å². The second kappa shape index (κ2) is 10.5. The van der Waals surface area contributed by atoms with Crippen LogP contribution in [0.2, 0.25) is 5.02 Å². The van der Waals surface area contributed by atoms with Crippen molar-refractivity contribution < 1.29 is 46.1 Å². The van der Waals surface area contributed by atoms with Crippen LogP contribution < -0.4 is 16.2 Å². The average molecular weight is 608 g/mol. The molecule has 4 rings (SSSR count). The summed E-state index contributed by atoms with van der Waals surface area (Å²) < 4.78 is 83.8. The largest absolute Gasteiger partial charge is 0.573 e. The minimum absolute atomic E-state index is 0.0535. The van der Waals surface area contributed by atoms with Crippen molar-refractivity contribution in [2.75, 3.05) is 0 Å². The lowest BCUT2D eigenvalue weighted by atomic mass is 10.2. The molecule has 1 amide bonds. The van der Waals surface area contributed by atoms with E-state index < -0.39 is 71.9 Å². The topological polar surface area (TPSA) is 163 Å². The standard InChI is InChI=1S/C22H16ClF6N7O5/c23-12-7-5-11(6-8-12)17-33-35(19(38)34(17)10-20(39,40)21(24,25)26)9-15-31-18(16(30)37)36(32-15)13-3-1-2-4-14(13)41-22(27,28)29/h1-8,39-40H,9-10H2,(H2,30,37). The van der Waals surface area contributed by atoms with Gasteiger partial charge in [0.15, 0.2) is 17.4 Å². The van der Waals surface area contributed by atoms with Crippen LogP contribution in [0.1, 0.15) is 16.4 Å².